The summed E-state index contributed by atoms with van der Waals surface area (Å²) in [5, 5.41) is 0. The Hall–Kier alpha value is -2.43. The first-order valence-corrected chi connectivity index (χ1v) is 7.26. The maximum Gasteiger partial charge on any atom is 0.227 e. The fourth-order valence-electron chi connectivity index (χ4n) is 2.35. The van der Waals surface area contributed by atoms with Crippen molar-refractivity contribution in [1.29, 1.82) is 0 Å². The highest BCUT2D eigenvalue weighted by atomic mass is 19.2. The molecular weight excluding hydrogens is 300 g/mol. The van der Waals surface area contributed by atoms with Crippen molar-refractivity contribution >= 4 is 5.91 Å². The summed E-state index contributed by atoms with van der Waals surface area (Å²) in [5.41, 5.74) is 1.32. The fourth-order valence-corrected chi connectivity index (χ4v) is 2.35. The standard InChI is InChI=1S/C18H19F2NO2/c1-12(13-8-9-15(19)16(20)10-13)21(2)18(22)11-14-6-4-5-7-17(14)23-3/h4-10,12H,11H2,1-3H3. The van der Waals surface area contributed by atoms with Gasteiger partial charge in [0, 0.05) is 12.6 Å². The first kappa shape index (κ1) is 16.9. The van der Waals surface area contributed by atoms with Crippen LogP contribution in [0.3, 0.4) is 0 Å². The Kier molecular flexibility index (Phi) is 5.32. The van der Waals surface area contributed by atoms with E-state index >= 15 is 0 Å². The van der Waals surface area contributed by atoms with Crippen LogP contribution in [0.4, 0.5) is 8.78 Å². The van der Waals surface area contributed by atoms with Crippen molar-refractivity contribution in [2.75, 3.05) is 14.2 Å². The summed E-state index contributed by atoms with van der Waals surface area (Å²) in [4.78, 5) is 14.0. The van der Waals surface area contributed by atoms with Crippen molar-refractivity contribution in [1.82, 2.24) is 4.90 Å². The molecule has 0 bridgehead atoms. The van der Waals surface area contributed by atoms with Gasteiger partial charge in [-0.2, -0.15) is 0 Å². The van der Waals surface area contributed by atoms with Crippen LogP contribution in [0.25, 0.3) is 0 Å². The Morgan fingerprint density at radius 2 is 1.87 bits per heavy atom. The van der Waals surface area contributed by atoms with E-state index in [0.717, 1.165) is 17.7 Å². The summed E-state index contributed by atoms with van der Waals surface area (Å²) >= 11 is 0. The third-order valence-electron chi connectivity index (χ3n) is 3.93. The highest BCUT2D eigenvalue weighted by Gasteiger charge is 2.20. The maximum atomic E-state index is 13.4. The molecule has 23 heavy (non-hydrogen) atoms. The van der Waals surface area contributed by atoms with Crippen molar-refractivity contribution in [2.24, 2.45) is 0 Å². The van der Waals surface area contributed by atoms with Gasteiger partial charge in [0.15, 0.2) is 11.6 Å². The van der Waals surface area contributed by atoms with Crippen LogP contribution in [0.15, 0.2) is 42.5 Å². The van der Waals surface area contributed by atoms with Gasteiger partial charge in [0.2, 0.25) is 5.91 Å². The largest absolute Gasteiger partial charge is 0.496 e. The van der Waals surface area contributed by atoms with Crippen LogP contribution in [0, 0.1) is 11.6 Å². The number of hydrogen-bond donors (Lipinski definition) is 0. The smallest absolute Gasteiger partial charge is 0.227 e. The zero-order valence-electron chi connectivity index (χ0n) is 13.3. The van der Waals surface area contributed by atoms with Gasteiger partial charge in [-0.3, -0.25) is 4.79 Å². The quantitative estimate of drug-likeness (QED) is 0.840. The molecule has 0 heterocycles. The minimum atomic E-state index is -0.917. The number of likely N-dealkylation sites (N-methyl/N-ethyl adjacent to an activating group) is 1. The van der Waals surface area contributed by atoms with Gasteiger partial charge in [-0.25, -0.2) is 8.78 Å². The molecule has 3 nitrogen and oxygen atoms in total. The Balaban J connectivity index is 2.13. The number of halogens is 2. The number of amides is 1. The number of rotatable bonds is 5. The third kappa shape index (κ3) is 3.86. The van der Waals surface area contributed by atoms with Gasteiger partial charge >= 0.3 is 0 Å². The molecule has 1 unspecified atom stereocenters. The first-order valence-electron chi connectivity index (χ1n) is 7.26. The van der Waals surface area contributed by atoms with Gasteiger partial charge in [-0.15, -0.1) is 0 Å². The van der Waals surface area contributed by atoms with Gasteiger partial charge in [-0.05, 0) is 30.7 Å². The van der Waals surface area contributed by atoms with E-state index in [2.05, 4.69) is 0 Å². The van der Waals surface area contributed by atoms with Crippen molar-refractivity contribution in [3.8, 4) is 5.75 Å². The van der Waals surface area contributed by atoms with Crippen LogP contribution in [-0.4, -0.2) is 25.0 Å². The number of para-hydroxylation sites is 1. The second kappa shape index (κ2) is 7.22. The number of nitrogens with zero attached hydrogens (tertiary/aromatic N) is 1. The summed E-state index contributed by atoms with van der Waals surface area (Å²) in [6.45, 7) is 1.77. The molecule has 2 aromatic rings. The average Bonchev–Trinajstić information content (AvgIpc) is 2.56. The van der Waals surface area contributed by atoms with Crippen molar-refractivity contribution in [3.63, 3.8) is 0 Å². The lowest BCUT2D eigenvalue weighted by Crippen LogP contribution is -2.31. The third-order valence-corrected chi connectivity index (χ3v) is 3.93. The topological polar surface area (TPSA) is 29.5 Å². The Bertz CT molecular complexity index is 703. The summed E-state index contributed by atoms with van der Waals surface area (Å²) in [7, 11) is 3.20. The van der Waals surface area contributed by atoms with E-state index < -0.39 is 11.6 Å². The minimum absolute atomic E-state index is 0.133. The van der Waals surface area contributed by atoms with E-state index in [9.17, 15) is 13.6 Å². The molecule has 2 rings (SSSR count). The van der Waals surface area contributed by atoms with E-state index in [4.69, 9.17) is 4.74 Å². The second-order valence-corrected chi connectivity index (χ2v) is 5.34. The Labute approximate surface area is 134 Å². The molecule has 0 aromatic heterocycles. The van der Waals surface area contributed by atoms with Crippen molar-refractivity contribution < 1.29 is 18.3 Å². The van der Waals surface area contributed by atoms with Crippen LogP contribution >= 0.6 is 0 Å². The molecule has 0 N–H and O–H groups in total. The van der Waals surface area contributed by atoms with Gasteiger partial charge < -0.3 is 9.64 Å². The zero-order valence-corrected chi connectivity index (χ0v) is 13.3. The van der Waals surface area contributed by atoms with Gasteiger partial charge in [0.25, 0.3) is 0 Å². The monoisotopic (exact) mass is 319 g/mol. The molecule has 122 valence electrons. The van der Waals surface area contributed by atoms with E-state index in [1.54, 1.807) is 27.1 Å². The normalized spacial score (nSPS) is 11.9. The Morgan fingerprint density at radius 1 is 1.17 bits per heavy atom. The number of benzene rings is 2. The molecule has 0 fully saturated rings. The van der Waals surface area contributed by atoms with Crippen LogP contribution in [0.2, 0.25) is 0 Å². The second-order valence-electron chi connectivity index (χ2n) is 5.34. The summed E-state index contributed by atoms with van der Waals surface area (Å²) in [6, 6.07) is 10.6. The highest BCUT2D eigenvalue weighted by Crippen LogP contribution is 2.23. The number of ether oxygens (including phenoxy) is 1. The predicted molar refractivity (Wildman–Crippen MR) is 84.2 cm³/mol. The predicted octanol–water partition coefficient (Wildman–Crippen LogP) is 3.74. The maximum absolute atomic E-state index is 13.4. The van der Waals surface area contributed by atoms with Crippen LogP contribution in [0.1, 0.15) is 24.1 Å². The van der Waals surface area contributed by atoms with E-state index in [1.165, 1.54) is 11.0 Å². The average molecular weight is 319 g/mol. The number of methoxy groups -OCH3 is 1. The van der Waals surface area contributed by atoms with Crippen LogP contribution in [-0.2, 0) is 11.2 Å². The van der Waals surface area contributed by atoms with Crippen LogP contribution < -0.4 is 4.74 Å². The zero-order chi connectivity index (χ0) is 17.0. The molecule has 2 aromatic carbocycles. The molecule has 0 aliphatic heterocycles. The molecule has 0 aliphatic carbocycles. The molecule has 1 amide bonds. The molecule has 0 saturated carbocycles. The molecular formula is C18H19F2NO2. The van der Waals surface area contributed by atoms with Crippen LogP contribution in [0.5, 0.6) is 5.75 Å². The molecule has 1 atom stereocenters. The van der Waals surface area contributed by atoms with E-state index in [-0.39, 0.29) is 18.4 Å². The number of hydrogen-bond acceptors (Lipinski definition) is 2. The lowest BCUT2D eigenvalue weighted by Gasteiger charge is -2.26. The SMILES string of the molecule is COc1ccccc1CC(=O)N(C)C(C)c1ccc(F)c(F)c1. The van der Waals surface area contributed by atoms with Gasteiger partial charge in [0.1, 0.15) is 5.75 Å². The lowest BCUT2D eigenvalue weighted by atomic mass is 10.1. The van der Waals surface area contributed by atoms with Gasteiger partial charge in [-0.1, -0.05) is 24.3 Å². The van der Waals surface area contributed by atoms with Crippen molar-refractivity contribution in [3.05, 3.63) is 65.2 Å². The Morgan fingerprint density at radius 3 is 2.52 bits per heavy atom. The molecule has 0 radical (unpaired) electrons. The molecule has 0 saturated heterocycles. The highest BCUT2D eigenvalue weighted by molar-refractivity contribution is 5.79. The summed E-state index contributed by atoms with van der Waals surface area (Å²) < 4.78 is 31.6. The van der Waals surface area contributed by atoms with E-state index in [1.807, 2.05) is 18.2 Å². The first-order chi connectivity index (χ1) is 10.9. The summed E-state index contributed by atoms with van der Waals surface area (Å²) in [5.74, 6) is -1.30. The van der Waals surface area contributed by atoms with E-state index in [0.29, 0.717) is 11.3 Å². The number of carbonyl (C=O) groups is 1. The molecule has 0 aliphatic rings. The number of carbonyl (C=O) groups excluding carboxylic acids is 1. The lowest BCUT2D eigenvalue weighted by molar-refractivity contribution is -0.131. The fraction of sp³-hybridized carbons (Fsp3) is 0.278. The molecule has 5 heteroatoms. The van der Waals surface area contributed by atoms with Gasteiger partial charge in [0.05, 0.1) is 19.6 Å². The molecule has 0 spiro atoms. The minimum Gasteiger partial charge on any atom is -0.496 e. The van der Waals surface area contributed by atoms with Crippen molar-refractivity contribution in [2.45, 2.75) is 19.4 Å². The summed E-state index contributed by atoms with van der Waals surface area (Å²) in [6.07, 6.45) is 0.175.